The van der Waals surface area contributed by atoms with Gasteiger partial charge >= 0.3 is 0 Å². The third kappa shape index (κ3) is 8.06. The van der Waals surface area contributed by atoms with E-state index in [0.29, 0.717) is 0 Å². The molecule has 3 rings (SSSR count). The fraction of sp³-hybridized carbons (Fsp3) is 0.476. The van der Waals surface area contributed by atoms with Gasteiger partial charge in [0.1, 0.15) is 0 Å². The predicted octanol–water partition coefficient (Wildman–Crippen LogP) is 3.24. The van der Waals surface area contributed by atoms with E-state index >= 15 is 0 Å². The Morgan fingerprint density at radius 1 is 1.00 bits per heavy atom. The maximum Gasteiger partial charge on any atom is 0.191 e. The molecule has 0 aliphatic carbocycles. The molecule has 1 saturated heterocycles. The van der Waals surface area contributed by atoms with Crippen molar-refractivity contribution in [3.8, 4) is 0 Å². The Labute approximate surface area is 190 Å². The van der Waals surface area contributed by atoms with Crippen molar-refractivity contribution in [2.75, 3.05) is 45.8 Å². The van der Waals surface area contributed by atoms with Gasteiger partial charge in [-0.05, 0) is 34.9 Å². The second kappa shape index (κ2) is 13.1. The first-order valence-electron chi connectivity index (χ1n) is 9.85. The molecule has 0 atom stereocenters. The van der Waals surface area contributed by atoms with Gasteiger partial charge in [-0.1, -0.05) is 30.3 Å². The Kier molecular flexibility index (Phi) is 10.8. The number of benzene rings is 1. The number of aliphatic imine (C=N–C) groups is 1. The molecule has 1 aromatic carbocycles. The summed E-state index contributed by atoms with van der Waals surface area (Å²) in [6.07, 6.45) is 0. The molecule has 2 N–H and O–H groups in total. The predicted molar refractivity (Wildman–Crippen MR) is 131 cm³/mol. The van der Waals surface area contributed by atoms with Crippen LogP contribution in [0.25, 0.3) is 0 Å². The summed E-state index contributed by atoms with van der Waals surface area (Å²) < 4.78 is 0. The van der Waals surface area contributed by atoms with Crippen LogP contribution in [0.4, 0.5) is 0 Å². The van der Waals surface area contributed by atoms with Crippen LogP contribution in [0, 0.1) is 0 Å². The highest BCUT2D eigenvalue weighted by atomic mass is 127. The molecular formula is C21H32IN5S. The van der Waals surface area contributed by atoms with E-state index in [1.807, 2.05) is 0 Å². The minimum Gasteiger partial charge on any atom is -0.357 e. The molecule has 7 heteroatoms. The monoisotopic (exact) mass is 513 g/mol. The molecular weight excluding hydrogens is 481 g/mol. The van der Waals surface area contributed by atoms with Gasteiger partial charge in [-0.25, -0.2) is 4.99 Å². The lowest BCUT2D eigenvalue weighted by molar-refractivity contribution is 0.129. The van der Waals surface area contributed by atoms with E-state index in [2.05, 4.69) is 79.5 Å². The molecule has 154 valence electrons. The fourth-order valence-corrected chi connectivity index (χ4v) is 3.90. The summed E-state index contributed by atoms with van der Waals surface area (Å²) in [4.78, 5) is 9.76. The van der Waals surface area contributed by atoms with Crippen molar-refractivity contribution in [3.05, 3.63) is 58.3 Å². The Hall–Kier alpha value is -1.16. The molecule has 0 unspecified atom stereocenters. The van der Waals surface area contributed by atoms with Crippen molar-refractivity contribution in [2.45, 2.75) is 20.0 Å². The van der Waals surface area contributed by atoms with Gasteiger partial charge in [0.2, 0.25) is 0 Å². The van der Waals surface area contributed by atoms with Gasteiger partial charge in [-0.2, -0.15) is 11.3 Å². The van der Waals surface area contributed by atoms with Gasteiger partial charge in [0.15, 0.2) is 5.96 Å². The number of guanidine groups is 1. The number of hydrogen-bond donors (Lipinski definition) is 2. The van der Waals surface area contributed by atoms with E-state index in [9.17, 15) is 0 Å². The smallest absolute Gasteiger partial charge is 0.191 e. The molecule has 5 nitrogen and oxygen atoms in total. The summed E-state index contributed by atoms with van der Waals surface area (Å²) in [5.74, 6) is 0.909. The lowest BCUT2D eigenvalue weighted by Gasteiger charge is -2.34. The number of thiophene rings is 1. The summed E-state index contributed by atoms with van der Waals surface area (Å²) in [7, 11) is 0. The maximum atomic E-state index is 4.67. The highest BCUT2D eigenvalue weighted by Crippen LogP contribution is 2.08. The number of nitrogens with zero attached hydrogens (tertiary/aromatic N) is 3. The Morgan fingerprint density at radius 3 is 2.43 bits per heavy atom. The molecule has 1 aliphatic heterocycles. The van der Waals surface area contributed by atoms with Crippen molar-refractivity contribution in [1.29, 1.82) is 0 Å². The summed E-state index contributed by atoms with van der Waals surface area (Å²) >= 11 is 1.72. The molecule has 2 heterocycles. The quantitative estimate of drug-likeness (QED) is 0.323. The summed E-state index contributed by atoms with van der Waals surface area (Å²) in [6, 6.07) is 12.9. The number of halogens is 1. The highest BCUT2D eigenvalue weighted by molar-refractivity contribution is 14.0. The molecule has 0 saturated carbocycles. The zero-order valence-corrected chi connectivity index (χ0v) is 19.8. The molecule has 0 spiro atoms. The molecule has 0 bridgehead atoms. The van der Waals surface area contributed by atoms with Gasteiger partial charge in [-0.3, -0.25) is 9.80 Å². The molecule has 1 aliphatic rings. The topological polar surface area (TPSA) is 42.9 Å². The lowest BCUT2D eigenvalue weighted by atomic mass is 10.2. The molecule has 1 aromatic heterocycles. The largest absolute Gasteiger partial charge is 0.357 e. The van der Waals surface area contributed by atoms with E-state index < -0.39 is 0 Å². The lowest BCUT2D eigenvalue weighted by Crippen LogP contribution is -2.49. The van der Waals surface area contributed by atoms with Gasteiger partial charge < -0.3 is 10.6 Å². The summed E-state index contributed by atoms with van der Waals surface area (Å²) in [5, 5.41) is 11.1. The summed E-state index contributed by atoms with van der Waals surface area (Å²) in [6.45, 7) is 11.3. The maximum absolute atomic E-state index is 4.67. The second-order valence-electron chi connectivity index (χ2n) is 6.86. The van der Waals surface area contributed by atoms with Crippen molar-refractivity contribution in [3.63, 3.8) is 0 Å². The van der Waals surface area contributed by atoms with Crippen LogP contribution in [-0.2, 0) is 13.1 Å². The Bertz CT molecular complexity index is 669. The third-order valence-corrected chi connectivity index (χ3v) is 5.51. The zero-order valence-electron chi connectivity index (χ0n) is 16.6. The normalized spacial score (nSPS) is 15.8. The number of piperazine rings is 1. The SMILES string of the molecule is CCNC(=NCc1ccsc1)NCCN1CCN(Cc2ccccc2)CC1.I. The van der Waals surface area contributed by atoms with Crippen LogP contribution in [0.1, 0.15) is 18.1 Å². The van der Waals surface area contributed by atoms with Crippen LogP contribution >= 0.6 is 35.3 Å². The first-order chi connectivity index (χ1) is 13.3. The summed E-state index contributed by atoms with van der Waals surface area (Å²) in [5.41, 5.74) is 2.68. The molecule has 28 heavy (non-hydrogen) atoms. The van der Waals surface area contributed by atoms with E-state index in [4.69, 9.17) is 0 Å². The van der Waals surface area contributed by atoms with Crippen LogP contribution in [-0.4, -0.2) is 61.6 Å². The molecule has 0 amide bonds. The van der Waals surface area contributed by atoms with Crippen molar-refractivity contribution >= 4 is 41.3 Å². The van der Waals surface area contributed by atoms with Crippen molar-refractivity contribution in [1.82, 2.24) is 20.4 Å². The first-order valence-corrected chi connectivity index (χ1v) is 10.8. The standard InChI is InChI=1S/C21H31N5S.HI/c1-2-22-21(24-16-20-8-15-27-18-20)23-9-10-25-11-13-26(14-12-25)17-19-6-4-3-5-7-19;/h3-8,15,18H,2,9-14,16-17H2,1H3,(H2,22,23,24);1H. The number of rotatable bonds is 8. The average molecular weight is 513 g/mol. The van der Waals surface area contributed by atoms with E-state index in [1.165, 1.54) is 11.1 Å². The van der Waals surface area contributed by atoms with Crippen LogP contribution in [0.3, 0.4) is 0 Å². The van der Waals surface area contributed by atoms with Crippen molar-refractivity contribution in [2.24, 2.45) is 4.99 Å². The van der Waals surface area contributed by atoms with Crippen molar-refractivity contribution < 1.29 is 0 Å². The van der Waals surface area contributed by atoms with Gasteiger partial charge in [0.05, 0.1) is 6.54 Å². The van der Waals surface area contributed by atoms with E-state index in [-0.39, 0.29) is 24.0 Å². The zero-order chi connectivity index (χ0) is 18.7. The second-order valence-corrected chi connectivity index (χ2v) is 7.64. The average Bonchev–Trinajstić information content (AvgIpc) is 3.22. The van der Waals surface area contributed by atoms with Gasteiger partial charge in [-0.15, -0.1) is 24.0 Å². The minimum absolute atomic E-state index is 0. The Morgan fingerprint density at radius 2 is 1.75 bits per heavy atom. The third-order valence-electron chi connectivity index (χ3n) is 4.78. The fourth-order valence-electron chi connectivity index (χ4n) is 3.24. The molecule has 0 radical (unpaired) electrons. The number of hydrogen-bond acceptors (Lipinski definition) is 4. The molecule has 1 fully saturated rings. The van der Waals surface area contributed by atoms with Gasteiger partial charge in [0, 0.05) is 52.4 Å². The van der Waals surface area contributed by atoms with E-state index in [0.717, 1.165) is 64.9 Å². The van der Waals surface area contributed by atoms with Crippen LogP contribution < -0.4 is 10.6 Å². The highest BCUT2D eigenvalue weighted by Gasteiger charge is 2.16. The van der Waals surface area contributed by atoms with Crippen LogP contribution in [0.15, 0.2) is 52.2 Å². The first kappa shape index (κ1) is 23.1. The van der Waals surface area contributed by atoms with Crippen LogP contribution in [0.5, 0.6) is 0 Å². The number of nitrogens with one attached hydrogen (secondary N) is 2. The van der Waals surface area contributed by atoms with E-state index in [1.54, 1.807) is 11.3 Å². The molecule has 2 aromatic rings. The van der Waals surface area contributed by atoms with Gasteiger partial charge in [0.25, 0.3) is 0 Å². The minimum atomic E-state index is 0. The Balaban J connectivity index is 0.00000280. The van der Waals surface area contributed by atoms with Crippen LogP contribution in [0.2, 0.25) is 0 Å².